The molecule has 2 atom stereocenters. The number of esters is 2. The number of ketones is 1. The molecule has 1 aliphatic heterocycles. The van der Waals surface area contributed by atoms with Crippen LogP contribution >= 0.6 is 0 Å². The molecule has 3 rings (SSSR count). The van der Waals surface area contributed by atoms with Gasteiger partial charge < -0.3 is 38.4 Å². The van der Waals surface area contributed by atoms with Crippen LogP contribution in [-0.2, 0) is 39.9 Å². The largest absolute Gasteiger partial charge is 0.497 e. The van der Waals surface area contributed by atoms with Crippen molar-refractivity contribution in [2.45, 2.75) is 58.1 Å². The first kappa shape index (κ1) is 37.4. The van der Waals surface area contributed by atoms with E-state index in [1.54, 1.807) is 36.4 Å². The maximum absolute atomic E-state index is 13.9. The lowest BCUT2D eigenvalue weighted by Crippen LogP contribution is -2.53. The number of amides is 1. The predicted molar refractivity (Wildman–Crippen MR) is 172 cm³/mol. The second-order valence-electron chi connectivity index (χ2n) is 11.8. The Hall–Kier alpha value is -5.07. The third-order valence-electron chi connectivity index (χ3n) is 7.88. The molecule has 1 fully saturated rings. The molecule has 1 heterocycles. The Kier molecular flexibility index (Phi) is 13.4. The average molecular weight is 670 g/mol. The van der Waals surface area contributed by atoms with Gasteiger partial charge in [0.1, 0.15) is 30.3 Å². The molecule has 0 radical (unpaired) electrons. The molecule has 0 aromatic heterocycles. The molecule has 0 bridgehead atoms. The molecule has 1 amide bonds. The summed E-state index contributed by atoms with van der Waals surface area (Å²) in [6.45, 7) is 5.56. The van der Waals surface area contributed by atoms with Crippen LogP contribution in [0.5, 0.6) is 23.0 Å². The Balaban J connectivity index is 1.91. The number of hydrogen-bond acceptors (Lipinski definition) is 11. The molecule has 48 heavy (non-hydrogen) atoms. The monoisotopic (exact) mass is 669 g/mol. The van der Waals surface area contributed by atoms with Crippen molar-refractivity contribution >= 4 is 29.6 Å². The number of aliphatic carboxylic acids is 1. The highest BCUT2D eigenvalue weighted by Crippen LogP contribution is 2.38. The molecule has 1 N–H and O–H groups in total. The van der Waals surface area contributed by atoms with Gasteiger partial charge in [0.2, 0.25) is 5.78 Å². The normalized spacial score (nSPS) is 15.0. The number of Topliss-reactive ketones (excluding diaryl/α,β-unsaturated/α-hetero) is 1. The summed E-state index contributed by atoms with van der Waals surface area (Å²) >= 11 is 0. The van der Waals surface area contributed by atoms with E-state index in [1.807, 2.05) is 0 Å². The molecule has 0 spiro atoms. The number of piperidine rings is 1. The van der Waals surface area contributed by atoms with E-state index in [2.05, 4.69) is 6.58 Å². The lowest BCUT2D eigenvalue weighted by Gasteiger charge is -2.36. The van der Waals surface area contributed by atoms with Crippen LogP contribution in [0, 0.1) is 5.41 Å². The number of likely N-dealkylation sites (tertiary alicyclic amines) is 1. The van der Waals surface area contributed by atoms with Gasteiger partial charge in [-0.3, -0.25) is 9.59 Å². The lowest BCUT2D eigenvalue weighted by atomic mass is 9.87. The van der Waals surface area contributed by atoms with E-state index >= 15 is 0 Å². The minimum Gasteiger partial charge on any atom is -0.497 e. The first-order valence-electron chi connectivity index (χ1n) is 15.4. The van der Waals surface area contributed by atoms with Crippen LogP contribution in [0.1, 0.15) is 56.8 Å². The van der Waals surface area contributed by atoms with E-state index in [4.69, 9.17) is 33.5 Å². The second-order valence-corrected chi connectivity index (χ2v) is 11.8. The number of carbonyl (C=O) groups excluding carboxylic acids is 4. The number of benzene rings is 2. The van der Waals surface area contributed by atoms with Crippen LogP contribution in [0.3, 0.4) is 0 Å². The third-order valence-corrected chi connectivity index (χ3v) is 7.88. The number of nitrogens with zero attached hydrogens (tertiary/aromatic N) is 1. The van der Waals surface area contributed by atoms with E-state index < -0.39 is 53.8 Å². The van der Waals surface area contributed by atoms with Crippen LogP contribution in [0.2, 0.25) is 0 Å². The zero-order chi connectivity index (χ0) is 35.4. The molecule has 1 unspecified atom stereocenters. The van der Waals surface area contributed by atoms with Crippen LogP contribution in [-0.4, -0.2) is 86.7 Å². The number of hydrogen-bond donors (Lipinski definition) is 1. The quantitative estimate of drug-likeness (QED) is 0.146. The Labute approximate surface area is 279 Å². The first-order valence-corrected chi connectivity index (χ1v) is 15.4. The summed E-state index contributed by atoms with van der Waals surface area (Å²) in [5, 5.41) is 9.08. The summed E-state index contributed by atoms with van der Waals surface area (Å²) in [6, 6.07) is 8.97. The van der Waals surface area contributed by atoms with Crippen LogP contribution in [0.15, 0.2) is 49.1 Å². The van der Waals surface area contributed by atoms with Crippen LogP contribution in [0.4, 0.5) is 0 Å². The molecule has 13 heteroatoms. The van der Waals surface area contributed by atoms with Gasteiger partial charge in [0.25, 0.3) is 5.91 Å². The third kappa shape index (κ3) is 9.72. The topological polar surface area (TPSA) is 164 Å². The number of carboxylic acid groups (broad SMARTS) is 1. The molecule has 13 nitrogen and oxygen atoms in total. The van der Waals surface area contributed by atoms with Crippen molar-refractivity contribution in [1.29, 1.82) is 0 Å². The summed E-state index contributed by atoms with van der Waals surface area (Å²) in [5.41, 5.74) is -0.111. The highest BCUT2D eigenvalue weighted by atomic mass is 16.5. The highest BCUT2D eigenvalue weighted by molar-refractivity contribution is 6.38. The van der Waals surface area contributed by atoms with Gasteiger partial charge in [-0.15, -0.1) is 0 Å². The Morgan fingerprint density at radius 3 is 2.42 bits per heavy atom. The van der Waals surface area contributed by atoms with Crippen molar-refractivity contribution in [2.24, 2.45) is 5.41 Å². The van der Waals surface area contributed by atoms with Gasteiger partial charge in [0, 0.05) is 24.3 Å². The standard InChI is InChI=1S/C35H43NO12/c1-7-30(39)47-21-35(2,3)32(40)33(41)36-16-9-8-13-26(36)34(42)48-27(22-11-10-12-24(17-22)46-20-29(37)38)15-14-23-18-25(43-4)19-28(44-5)31(23)45-6/h7,10-12,17-19,26-27H,1,8-9,13-16,20-21H2,2-6H3,(H,37,38)/t26?,27-/m1/s1. The van der Waals surface area contributed by atoms with Gasteiger partial charge in [-0.1, -0.05) is 18.7 Å². The van der Waals surface area contributed by atoms with Gasteiger partial charge in [0.15, 0.2) is 18.1 Å². The van der Waals surface area contributed by atoms with Gasteiger partial charge in [-0.2, -0.15) is 0 Å². The molecular formula is C35H43NO12. The van der Waals surface area contributed by atoms with Crippen LogP contribution in [0.25, 0.3) is 0 Å². The summed E-state index contributed by atoms with van der Waals surface area (Å²) in [5.74, 6) is -2.54. The van der Waals surface area contributed by atoms with E-state index in [0.29, 0.717) is 47.6 Å². The molecule has 2 aromatic carbocycles. The summed E-state index contributed by atoms with van der Waals surface area (Å²) in [6.07, 6.45) is 2.14. The van der Waals surface area contributed by atoms with E-state index in [9.17, 15) is 24.0 Å². The number of carboxylic acids is 1. The SMILES string of the molecule is C=CC(=O)OCC(C)(C)C(=O)C(=O)N1CCCCC1C(=O)O[C@H](CCc1cc(OC)cc(OC)c1OC)c1cccc(OCC(=O)O)c1. The maximum Gasteiger partial charge on any atom is 0.341 e. The van der Waals surface area contributed by atoms with Gasteiger partial charge in [-0.25, -0.2) is 14.4 Å². The fraction of sp³-hybridized carbons (Fsp3) is 0.457. The summed E-state index contributed by atoms with van der Waals surface area (Å²) in [7, 11) is 4.54. The Bertz CT molecular complexity index is 1500. The molecule has 0 saturated carbocycles. The first-order chi connectivity index (χ1) is 22.8. The van der Waals surface area contributed by atoms with E-state index in [1.165, 1.54) is 40.1 Å². The van der Waals surface area contributed by atoms with Crippen molar-refractivity contribution in [2.75, 3.05) is 41.1 Å². The second kappa shape index (κ2) is 17.2. The predicted octanol–water partition coefficient (Wildman–Crippen LogP) is 4.10. The summed E-state index contributed by atoms with van der Waals surface area (Å²) < 4.78 is 33.0. The van der Waals surface area contributed by atoms with Crippen molar-refractivity contribution in [3.8, 4) is 23.0 Å². The zero-order valence-electron chi connectivity index (χ0n) is 27.9. The average Bonchev–Trinajstić information content (AvgIpc) is 3.10. The number of ether oxygens (including phenoxy) is 6. The Morgan fingerprint density at radius 2 is 1.77 bits per heavy atom. The summed E-state index contributed by atoms with van der Waals surface area (Å²) in [4.78, 5) is 64.6. The number of aryl methyl sites for hydroxylation is 1. The van der Waals surface area contributed by atoms with E-state index in [-0.39, 0.29) is 31.7 Å². The fourth-order valence-corrected chi connectivity index (χ4v) is 5.28. The van der Waals surface area contributed by atoms with Gasteiger partial charge >= 0.3 is 17.9 Å². The van der Waals surface area contributed by atoms with Crippen LogP contribution < -0.4 is 18.9 Å². The van der Waals surface area contributed by atoms with Crippen molar-refractivity contribution < 1.29 is 57.5 Å². The molecular weight excluding hydrogens is 626 g/mol. The zero-order valence-corrected chi connectivity index (χ0v) is 27.9. The number of rotatable bonds is 17. The molecule has 1 aliphatic rings. The maximum atomic E-state index is 13.9. The highest BCUT2D eigenvalue weighted by Gasteiger charge is 2.42. The van der Waals surface area contributed by atoms with Gasteiger partial charge in [0.05, 0.1) is 26.7 Å². The minimum absolute atomic E-state index is 0.164. The fourth-order valence-electron chi connectivity index (χ4n) is 5.28. The molecule has 1 saturated heterocycles. The molecule has 0 aliphatic carbocycles. The number of methoxy groups -OCH3 is 3. The molecule has 260 valence electrons. The van der Waals surface area contributed by atoms with Gasteiger partial charge in [-0.05, 0) is 69.7 Å². The molecule has 2 aromatic rings. The minimum atomic E-state index is -1.35. The van der Waals surface area contributed by atoms with E-state index in [0.717, 1.165) is 6.08 Å². The van der Waals surface area contributed by atoms with Crippen molar-refractivity contribution in [3.05, 3.63) is 60.2 Å². The van der Waals surface area contributed by atoms with Crippen molar-refractivity contribution in [1.82, 2.24) is 4.90 Å². The van der Waals surface area contributed by atoms with Crippen molar-refractivity contribution in [3.63, 3.8) is 0 Å². The number of carbonyl (C=O) groups is 5. The smallest absolute Gasteiger partial charge is 0.341 e. The lowest BCUT2D eigenvalue weighted by molar-refractivity contribution is -0.165. The Morgan fingerprint density at radius 1 is 1.02 bits per heavy atom.